The predicted octanol–water partition coefficient (Wildman–Crippen LogP) is 5.50. The van der Waals surface area contributed by atoms with Gasteiger partial charge in [-0.3, -0.25) is 0 Å². The number of fused-ring (bicyclic) bond motifs is 1. The summed E-state index contributed by atoms with van der Waals surface area (Å²) in [4.78, 5) is 0. The highest BCUT2D eigenvalue weighted by atomic mass is 79.9. The molecule has 0 bridgehead atoms. The number of rotatable bonds is 7. The molecule has 0 amide bonds. The second kappa shape index (κ2) is 7.10. The van der Waals surface area contributed by atoms with E-state index in [9.17, 15) is 0 Å². The van der Waals surface area contributed by atoms with Crippen LogP contribution in [0, 0.1) is 0 Å². The Labute approximate surface area is 118 Å². The van der Waals surface area contributed by atoms with Crippen LogP contribution in [0.1, 0.15) is 56.3 Å². The fraction of sp³-hybridized carbons (Fsp3) is 0.500. The van der Waals surface area contributed by atoms with Crippen LogP contribution in [0.15, 0.2) is 28.7 Å². The van der Waals surface area contributed by atoms with E-state index in [4.69, 9.17) is 4.74 Å². The van der Waals surface area contributed by atoms with Crippen molar-refractivity contribution in [3.05, 3.63) is 39.9 Å². The molecule has 0 N–H and O–H groups in total. The molecule has 18 heavy (non-hydrogen) atoms. The fourth-order valence-electron chi connectivity index (χ4n) is 2.31. The van der Waals surface area contributed by atoms with Gasteiger partial charge in [-0.2, -0.15) is 0 Å². The van der Waals surface area contributed by atoms with Gasteiger partial charge in [0.25, 0.3) is 0 Å². The number of hydrogen-bond donors (Lipinski definition) is 0. The highest BCUT2D eigenvalue weighted by molar-refractivity contribution is 9.10. The van der Waals surface area contributed by atoms with Crippen LogP contribution >= 0.6 is 15.9 Å². The van der Waals surface area contributed by atoms with Crippen LogP contribution in [0.4, 0.5) is 0 Å². The molecule has 1 aromatic rings. The molecule has 1 aliphatic carbocycles. The van der Waals surface area contributed by atoms with E-state index < -0.39 is 0 Å². The highest BCUT2D eigenvalue weighted by Crippen LogP contribution is 2.32. The van der Waals surface area contributed by atoms with Gasteiger partial charge < -0.3 is 4.74 Å². The summed E-state index contributed by atoms with van der Waals surface area (Å²) in [5.41, 5.74) is 2.58. The minimum atomic E-state index is 0.166. The lowest BCUT2D eigenvalue weighted by molar-refractivity contribution is 0.0839. The van der Waals surface area contributed by atoms with Gasteiger partial charge in [0.1, 0.15) is 6.10 Å². The largest absolute Gasteiger partial charge is 0.369 e. The Morgan fingerprint density at radius 3 is 2.83 bits per heavy atom. The van der Waals surface area contributed by atoms with E-state index >= 15 is 0 Å². The van der Waals surface area contributed by atoms with E-state index in [2.05, 4.69) is 53.2 Å². The first-order valence-electron chi connectivity index (χ1n) is 6.90. The predicted molar refractivity (Wildman–Crippen MR) is 80.6 cm³/mol. The molecule has 0 spiro atoms. The van der Waals surface area contributed by atoms with Crippen LogP contribution in [0.2, 0.25) is 0 Å². The van der Waals surface area contributed by atoms with Crippen molar-refractivity contribution in [1.29, 1.82) is 0 Å². The van der Waals surface area contributed by atoms with E-state index in [1.807, 2.05) is 0 Å². The molecule has 1 aromatic carbocycles. The van der Waals surface area contributed by atoms with E-state index in [1.165, 1.54) is 43.2 Å². The summed E-state index contributed by atoms with van der Waals surface area (Å²) < 4.78 is 7.08. The molecule has 98 valence electrons. The van der Waals surface area contributed by atoms with Crippen molar-refractivity contribution in [2.75, 3.05) is 6.61 Å². The van der Waals surface area contributed by atoms with Crippen molar-refractivity contribution >= 4 is 22.0 Å². The van der Waals surface area contributed by atoms with E-state index in [0.717, 1.165) is 11.1 Å². The van der Waals surface area contributed by atoms with Crippen molar-refractivity contribution in [3.63, 3.8) is 0 Å². The molecule has 1 aliphatic rings. The van der Waals surface area contributed by atoms with Crippen LogP contribution in [0.5, 0.6) is 0 Å². The van der Waals surface area contributed by atoms with Crippen molar-refractivity contribution in [3.8, 4) is 0 Å². The van der Waals surface area contributed by atoms with Gasteiger partial charge in [0.2, 0.25) is 0 Å². The standard InChI is InChI=1S/C16H21BrO/c1-2-3-4-5-6-11-18-16-10-7-13-12-14(17)8-9-15(13)16/h7-10,12,16H,2-6,11H2,1H3. The maximum Gasteiger partial charge on any atom is 0.102 e. The molecule has 0 saturated heterocycles. The van der Waals surface area contributed by atoms with Crippen LogP contribution in [0.3, 0.4) is 0 Å². The van der Waals surface area contributed by atoms with Gasteiger partial charge in [0.15, 0.2) is 0 Å². The van der Waals surface area contributed by atoms with Gasteiger partial charge in [-0.05, 0) is 29.7 Å². The SMILES string of the molecule is CCCCCCCOC1C=Cc2cc(Br)ccc21. The summed E-state index contributed by atoms with van der Waals surface area (Å²) in [5.74, 6) is 0. The molecule has 2 heteroatoms. The zero-order chi connectivity index (χ0) is 12.8. The minimum absolute atomic E-state index is 0.166. The molecule has 2 rings (SSSR count). The number of ether oxygens (including phenoxy) is 1. The number of benzene rings is 1. The van der Waals surface area contributed by atoms with Gasteiger partial charge in [-0.15, -0.1) is 0 Å². The third-order valence-electron chi connectivity index (χ3n) is 3.35. The van der Waals surface area contributed by atoms with Gasteiger partial charge in [-0.1, -0.05) is 66.8 Å². The maximum absolute atomic E-state index is 5.95. The molecular weight excluding hydrogens is 288 g/mol. The summed E-state index contributed by atoms with van der Waals surface area (Å²) in [5, 5.41) is 0. The Hall–Kier alpha value is -0.600. The minimum Gasteiger partial charge on any atom is -0.369 e. The second-order valence-electron chi connectivity index (χ2n) is 4.84. The molecule has 0 saturated carbocycles. The van der Waals surface area contributed by atoms with Crippen molar-refractivity contribution in [2.24, 2.45) is 0 Å². The van der Waals surface area contributed by atoms with E-state index in [1.54, 1.807) is 0 Å². The smallest absolute Gasteiger partial charge is 0.102 e. The van der Waals surface area contributed by atoms with Gasteiger partial charge in [0, 0.05) is 11.1 Å². The van der Waals surface area contributed by atoms with Crippen LogP contribution in [-0.4, -0.2) is 6.61 Å². The Kier molecular flexibility index (Phi) is 5.45. The molecule has 1 atom stereocenters. The lowest BCUT2D eigenvalue weighted by Crippen LogP contribution is -2.01. The third kappa shape index (κ3) is 3.69. The molecule has 1 nitrogen and oxygen atoms in total. The lowest BCUT2D eigenvalue weighted by Gasteiger charge is -2.12. The zero-order valence-corrected chi connectivity index (χ0v) is 12.6. The Morgan fingerprint density at radius 1 is 1.17 bits per heavy atom. The Morgan fingerprint density at radius 2 is 2.00 bits per heavy atom. The summed E-state index contributed by atoms with van der Waals surface area (Å²) in [6.45, 7) is 3.11. The number of halogens is 1. The summed E-state index contributed by atoms with van der Waals surface area (Å²) >= 11 is 3.50. The first-order chi connectivity index (χ1) is 8.81. The summed E-state index contributed by atoms with van der Waals surface area (Å²) in [6, 6.07) is 6.39. The van der Waals surface area contributed by atoms with E-state index in [0.29, 0.717) is 0 Å². The monoisotopic (exact) mass is 308 g/mol. The fourth-order valence-corrected chi connectivity index (χ4v) is 2.68. The highest BCUT2D eigenvalue weighted by Gasteiger charge is 2.17. The van der Waals surface area contributed by atoms with Crippen molar-refractivity contribution in [2.45, 2.75) is 45.1 Å². The van der Waals surface area contributed by atoms with Crippen LogP contribution < -0.4 is 0 Å². The van der Waals surface area contributed by atoms with Gasteiger partial charge in [-0.25, -0.2) is 0 Å². The second-order valence-corrected chi connectivity index (χ2v) is 5.75. The number of unbranched alkanes of at least 4 members (excludes halogenated alkanes) is 4. The van der Waals surface area contributed by atoms with E-state index in [-0.39, 0.29) is 6.10 Å². The average Bonchev–Trinajstić information content (AvgIpc) is 2.76. The number of hydrogen-bond acceptors (Lipinski definition) is 1. The van der Waals surface area contributed by atoms with Gasteiger partial charge >= 0.3 is 0 Å². The molecule has 0 aromatic heterocycles. The molecular formula is C16H21BrO. The molecule has 1 unspecified atom stereocenters. The average molecular weight is 309 g/mol. The summed E-state index contributed by atoms with van der Waals surface area (Å²) in [7, 11) is 0. The first kappa shape index (κ1) is 13.8. The van der Waals surface area contributed by atoms with Crippen molar-refractivity contribution in [1.82, 2.24) is 0 Å². The molecule has 0 heterocycles. The van der Waals surface area contributed by atoms with Crippen molar-refractivity contribution < 1.29 is 4.74 Å². The van der Waals surface area contributed by atoms with Crippen LogP contribution in [0.25, 0.3) is 6.08 Å². The maximum atomic E-state index is 5.95. The molecule has 0 radical (unpaired) electrons. The topological polar surface area (TPSA) is 9.23 Å². The summed E-state index contributed by atoms with van der Waals surface area (Å²) in [6.07, 6.45) is 10.9. The van der Waals surface area contributed by atoms with Crippen LogP contribution in [-0.2, 0) is 4.74 Å². The molecule has 0 fully saturated rings. The first-order valence-corrected chi connectivity index (χ1v) is 7.70. The molecule has 0 aliphatic heterocycles. The lowest BCUT2D eigenvalue weighted by atomic mass is 10.1. The Balaban J connectivity index is 1.75. The van der Waals surface area contributed by atoms with Gasteiger partial charge in [0.05, 0.1) is 0 Å². The quantitative estimate of drug-likeness (QED) is 0.604. The zero-order valence-electron chi connectivity index (χ0n) is 11.0. The third-order valence-corrected chi connectivity index (χ3v) is 3.84. The normalized spacial score (nSPS) is 17.1. The Bertz CT molecular complexity index is 412.